The highest BCUT2D eigenvalue weighted by Crippen LogP contribution is 2.15. The van der Waals surface area contributed by atoms with E-state index in [1.807, 2.05) is 0 Å². The standard InChI is InChI=1S/C17H20N2O9/c1-18-15(23)11(19-12(20)6-7-13(21)22)8-9-2-4-10(5-3-9)28-14(16(24)25)17(26)27/h2-5,11,14H,6-8H2,1H3,(H,18,23)(H,19,20)(H,21,22)(H,24,25)(H,26,27)/t11-/m0/s1. The van der Waals surface area contributed by atoms with Gasteiger partial charge in [0.1, 0.15) is 11.8 Å². The summed E-state index contributed by atoms with van der Waals surface area (Å²) < 4.78 is 4.88. The number of carbonyl (C=O) groups excluding carboxylic acids is 2. The first kappa shape index (κ1) is 22.4. The van der Waals surface area contributed by atoms with E-state index >= 15 is 0 Å². The van der Waals surface area contributed by atoms with E-state index in [0.717, 1.165) is 0 Å². The molecule has 0 bridgehead atoms. The van der Waals surface area contributed by atoms with E-state index in [9.17, 15) is 24.0 Å². The molecular weight excluding hydrogens is 376 g/mol. The van der Waals surface area contributed by atoms with Crippen LogP contribution in [0.25, 0.3) is 0 Å². The van der Waals surface area contributed by atoms with Crippen molar-refractivity contribution in [3.05, 3.63) is 29.8 Å². The summed E-state index contributed by atoms with van der Waals surface area (Å²) in [4.78, 5) is 55.9. The second-order valence-electron chi connectivity index (χ2n) is 5.65. The van der Waals surface area contributed by atoms with Gasteiger partial charge in [-0.15, -0.1) is 0 Å². The van der Waals surface area contributed by atoms with Crippen molar-refractivity contribution in [3.63, 3.8) is 0 Å². The number of carbonyl (C=O) groups is 5. The predicted molar refractivity (Wildman–Crippen MR) is 92.7 cm³/mol. The maximum absolute atomic E-state index is 12.0. The molecule has 2 amide bonds. The van der Waals surface area contributed by atoms with E-state index in [4.69, 9.17) is 20.1 Å². The molecule has 0 radical (unpaired) electrons. The molecule has 1 aromatic carbocycles. The Hall–Kier alpha value is -3.63. The van der Waals surface area contributed by atoms with Crippen LogP contribution in [0.15, 0.2) is 24.3 Å². The maximum atomic E-state index is 12.0. The lowest BCUT2D eigenvalue weighted by molar-refractivity contribution is -0.159. The number of hydrogen-bond donors (Lipinski definition) is 5. The Morgan fingerprint density at radius 3 is 2.00 bits per heavy atom. The second kappa shape index (κ2) is 10.5. The van der Waals surface area contributed by atoms with Crippen LogP contribution in [0.2, 0.25) is 0 Å². The summed E-state index contributed by atoms with van der Waals surface area (Å²) >= 11 is 0. The molecule has 1 rings (SSSR count). The van der Waals surface area contributed by atoms with Gasteiger partial charge >= 0.3 is 17.9 Å². The molecule has 28 heavy (non-hydrogen) atoms. The van der Waals surface area contributed by atoms with E-state index in [-0.39, 0.29) is 25.0 Å². The number of amides is 2. The van der Waals surface area contributed by atoms with Crippen LogP contribution in [-0.2, 0) is 30.4 Å². The molecule has 11 nitrogen and oxygen atoms in total. The number of carboxylic acids is 3. The lowest BCUT2D eigenvalue weighted by Gasteiger charge is -2.18. The zero-order valence-electron chi connectivity index (χ0n) is 14.9. The summed E-state index contributed by atoms with van der Waals surface area (Å²) in [6, 6.07) is 4.68. The molecule has 0 unspecified atom stereocenters. The predicted octanol–water partition coefficient (Wildman–Crippen LogP) is -0.759. The zero-order valence-corrected chi connectivity index (χ0v) is 14.9. The Labute approximate surface area is 159 Å². The highest BCUT2D eigenvalue weighted by atomic mass is 16.5. The lowest BCUT2D eigenvalue weighted by atomic mass is 10.0. The summed E-state index contributed by atoms with van der Waals surface area (Å²) in [7, 11) is 1.38. The van der Waals surface area contributed by atoms with E-state index in [0.29, 0.717) is 5.56 Å². The molecule has 5 N–H and O–H groups in total. The van der Waals surface area contributed by atoms with Crippen LogP contribution in [0.4, 0.5) is 0 Å². The highest BCUT2D eigenvalue weighted by molar-refractivity contribution is 5.96. The third-order valence-electron chi connectivity index (χ3n) is 3.53. The molecule has 0 aliphatic rings. The van der Waals surface area contributed by atoms with Crippen molar-refractivity contribution < 1.29 is 44.0 Å². The fourth-order valence-corrected chi connectivity index (χ4v) is 2.15. The van der Waals surface area contributed by atoms with E-state index in [1.54, 1.807) is 0 Å². The number of carboxylic acid groups (broad SMARTS) is 3. The number of rotatable bonds is 11. The van der Waals surface area contributed by atoms with Gasteiger partial charge in [-0.1, -0.05) is 12.1 Å². The Morgan fingerprint density at radius 2 is 1.54 bits per heavy atom. The maximum Gasteiger partial charge on any atom is 0.356 e. The fourth-order valence-electron chi connectivity index (χ4n) is 2.15. The zero-order chi connectivity index (χ0) is 21.3. The van der Waals surface area contributed by atoms with Gasteiger partial charge in [-0.2, -0.15) is 0 Å². The smallest absolute Gasteiger partial charge is 0.356 e. The summed E-state index contributed by atoms with van der Waals surface area (Å²) in [5, 5.41) is 31.0. The van der Waals surface area contributed by atoms with Gasteiger partial charge in [0.2, 0.25) is 11.8 Å². The van der Waals surface area contributed by atoms with E-state index in [1.165, 1.54) is 31.3 Å². The Balaban J connectivity index is 2.80. The average Bonchev–Trinajstić information content (AvgIpc) is 2.63. The third-order valence-corrected chi connectivity index (χ3v) is 3.53. The van der Waals surface area contributed by atoms with E-state index < -0.39 is 41.9 Å². The topological polar surface area (TPSA) is 179 Å². The third kappa shape index (κ3) is 7.32. The van der Waals surface area contributed by atoms with Gasteiger partial charge in [0.15, 0.2) is 0 Å². The fraction of sp³-hybridized carbons (Fsp3) is 0.353. The first-order chi connectivity index (χ1) is 13.1. The van der Waals surface area contributed by atoms with Gasteiger partial charge in [0, 0.05) is 19.9 Å². The summed E-state index contributed by atoms with van der Waals surface area (Å²) in [6.07, 6.45) is -2.63. The molecule has 11 heteroatoms. The normalized spacial score (nSPS) is 11.4. The second-order valence-corrected chi connectivity index (χ2v) is 5.65. The number of nitrogens with one attached hydrogen (secondary N) is 2. The van der Waals surface area contributed by atoms with Gasteiger partial charge in [-0.05, 0) is 17.7 Å². The van der Waals surface area contributed by atoms with Crippen LogP contribution < -0.4 is 15.4 Å². The van der Waals surface area contributed by atoms with Crippen LogP contribution >= 0.6 is 0 Å². The van der Waals surface area contributed by atoms with Crippen molar-refractivity contribution in [1.29, 1.82) is 0 Å². The SMILES string of the molecule is CNC(=O)[C@H](Cc1ccc(OC(C(=O)O)C(=O)O)cc1)NC(=O)CCC(=O)O. The van der Waals surface area contributed by atoms with Crippen LogP contribution in [0.5, 0.6) is 5.75 Å². The van der Waals surface area contributed by atoms with Crippen molar-refractivity contribution in [1.82, 2.24) is 10.6 Å². The average molecular weight is 396 g/mol. The summed E-state index contributed by atoms with van der Waals surface area (Å²) in [5.74, 6) is -5.52. The van der Waals surface area contributed by atoms with Crippen molar-refractivity contribution >= 4 is 29.7 Å². The van der Waals surface area contributed by atoms with Crippen molar-refractivity contribution in [2.24, 2.45) is 0 Å². The van der Waals surface area contributed by atoms with Gasteiger partial charge in [0.25, 0.3) is 6.10 Å². The van der Waals surface area contributed by atoms with Gasteiger partial charge < -0.3 is 30.7 Å². The van der Waals surface area contributed by atoms with Crippen LogP contribution in [0.3, 0.4) is 0 Å². The van der Waals surface area contributed by atoms with Crippen molar-refractivity contribution in [2.45, 2.75) is 31.4 Å². The largest absolute Gasteiger partial charge is 0.481 e. The summed E-state index contributed by atoms with van der Waals surface area (Å²) in [5.41, 5.74) is 0.571. The Kier molecular flexibility index (Phi) is 8.41. The molecule has 0 aromatic heterocycles. The molecule has 0 saturated heterocycles. The number of aliphatic carboxylic acids is 3. The number of hydrogen-bond acceptors (Lipinski definition) is 6. The molecule has 0 fully saturated rings. The van der Waals surface area contributed by atoms with Gasteiger partial charge in [-0.25, -0.2) is 9.59 Å². The van der Waals surface area contributed by atoms with Crippen LogP contribution in [0, 0.1) is 0 Å². The molecule has 1 atom stereocenters. The molecule has 0 saturated carbocycles. The van der Waals surface area contributed by atoms with Crippen molar-refractivity contribution in [3.8, 4) is 5.75 Å². The van der Waals surface area contributed by atoms with Gasteiger partial charge in [-0.3, -0.25) is 14.4 Å². The molecule has 0 aliphatic carbocycles. The van der Waals surface area contributed by atoms with Gasteiger partial charge in [0.05, 0.1) is 6.42 Å². The number of benzene rings is 1. The minimum atomic E-state index is -2.06. The molecule has 0 aliphatic heterocycles. The molecule has 152 valence electrons. The highest BCUT2D eigenvalue weighted by Gasteiger charge is 2.28. The lowest BCUT2D eigenvalue weighted by Crippen LogP contribution is -2.47. The Morgan fingerprint density at radius 1 is 0.964 bits per heavy atom. The minimum Gasteiger partial charge on any atom is -0.481 e. The Bertz CT molecular complexity index is 731. The summed E-state index contributed by atoms with van der Waals surface area (Å²) in [6.45, 7) is 0. The first-order valence-electron chi connectivity index (χ1n) is 8.08. The number of likely N-dealkylation sites (N-methyl/N-ethyl adjacent to an activating group) is 1. The molecular formula is C17H20N2O9. The van der Waals surface area contributed by atoms with Crippen molar-refractivity contribution in [2.75, 3.05) is 7.05 Å². The van der Waals surface area contributed by atoms with Crippen LogP contribution in [-0.4, -0.2) is 64.2 Å². The quantitative estimate of drug-likeness (QED) is 0.301. The molecule has 0 spiro atoms. The number of ether oxygens (including phenoxy) is 1. The first-order valence-corrected chi connectivity index (χ1v) is 8.08. The molecule has 1 aromatic rings. The minimum absolute atomic E-state index is 0.000497. The van der Waals surface area contributed by atoms with Crippen LogP contribution in [0.1, 0.15) is 18.4 Å². The van der Waals surface area contributed by atoms with E-state index in [2.05, 4.69) is 10.6 Å². The molecule has 0 heterocycles. The monoisotopic (exact) mass is 396 g/mol.